The van der Waals surface area contributed by atoms with E-state index in [4.69, 9.17) is 0 Å². The van der Waals surface area contributed by atoms with E-state index in [2.05, 4.69) is 269 Å². The van der Waals surface area contributed by atoms with Gasteiger partial charge >= 0.3 is 0 Å². The molecule has 57 heavy (non-hydrogen) atoms. The van der Waals surface area contributed by atoms with Gasteiger partial charge in [-0.25, -0.2) is 0 Å². The summed E-state index contributed by atoms with van der Waals surface area (Å²) in [5.41, 5.74) is 0. The normalized spacial score (nSPS) is 10.2. The topological polar surface area (TPSA) is 0 Å². The largest absolute Gasteiger partial charge is 0.0622 e. The molecule has 0 aliphatic heterocycles. The van der Waals surface area contributed by atoms with Gasteiger partial charge in [-0.2, -0.15) is 0 Å². The average molecular weight is 907 g/mol. The second kappa shape index (κ2) is 26.2. The van der Waals surface area contributed by atoms with Crippen LogP contribution in [-0.4, -0.2) is 26.7 Å². The minimum atomic E-state index is -0.171. The fourth-order valence-electron chi connectivity index (χ4n) is 5.81. The molecule has 0 heterocycles. The molecule has 0 unspecified atom stereocenters. The summed E-state index contributed by atoms with van der Waals surface area (Å²) in [7, 11) is -0.683. The molecule has 0 aliphatic rings. The molecule has 8 aromatic rings. The predicted octanol–water partition coefficient (Wildman–Crippen LogP) is 11.0. The zero-order valence-electron chi connectivity index (χ0n) is 33.2. The van der Waals surface area contributed by atoms with Crippen molar-refractivity contribution in [1.82, 2.24) is 0 Å². The monoisotopic (exact) mass is 906 g/mol. The van der Waals surface area contributed by atoms with Gasteiger partial charge in [0.25, 0.3) is 0 Å². The van der Waals surface area contributed by atoms with Crippen molar-refractivity contribution in [2.24, 2.45) is 0 Å². The van der Waals surface area contributed by atoms with Crippen LogP contribution in [0.25, 0.3) is 0 Å². The second-order valence-electron chi connectivity index (χ2n) is 12.9. The Kier molecular flexibility index (Phi) is 21.1. The molecule has 0 spiro atoms. The summed E-state index contributed by atoms with van der Waals surface area (Å²) in [6.45, 7) is 9.22. The molecule has 0 aliphatic carbocycles. The third-order valence-corrected chi connectivity index (χ3v) is 17.7. The van der Waals surface area contributed by atoms with Gasteiger partial charge in [0.05, 0.1) is 0 Å². The van der Waals surface area contributed by atoms with Gasteiger partial charge < -0.3 is 0 Å². The Morgan fingerprint density at radius 3 is 0.351 bits per heavy atom. The first-order chi connectivity index (χ1) is 27.5. The van der Waals surface area contributed by atoms with E-state index in [1.54, 1.807) is 0 Å². The van der Waals surface area contributed by atoms with Crippen molar-refractivity contribution in [2.75, 3.05) is 26.7 Å². The molecule has 0 nitrogen and oxygen atoms in total. The van der Waals surface area contributed by atoms with Crippen molar-refractivity contribution < 1.29 is 20.4 Å². The van der Waals surface area contributed by atoms with Crippen LogP contribution < -0.4 is 42.4 Å². The molecular weight excluding hydrogens is 855 g/mol. The number of benzene rings is 8. The molecule has 0 amide bonds. The summed E-state index contributed by atoms with van der Waals surface area (Å²) >= 11 is 0. The molecule has 0 saturated carbocycles. The zero-order chi connectivity index (χ0) is 39.2. The van der Waals surface area contributed by atoms with Gasteiger partial charge in [0, 0.05) is 20.4 Å². The Bertz CT molecular complexity index is 1700. The van der Waals surface area contributed by atoms with E-state index in [0.717, 1.165) is 0 Å². The average Bonchev–Trinajstić information content (AvgIpc) is 3.31. The third-order valence-electron chi connectivity index (χ3n) is 9.15. The molecule has 0 N–H and O–H groups in total. The molecule has 0 radical (unpaired) electrons. The van der Waals surface area contributed by atoms with Gasteiger partial charge in [0.1, 0.15) is 0 Å². The Labute approximate surface area is 361 Å². The van der Waals surface area contributed by atoms with Gasteiger partial charge in [-0.05, 0) is 101 Å². The first-order valence-electron chi connectivity index (χ1n) is 18.9. The minimum absolute atomic E-state index is 0. The van der Waals surface area contributed by atoms with Crippen LogP contribution in [0.4, 0.5) is 0 Å². The molecule has 5 heteroatoms. The number of hydrogen-bond acceptors (Lipinski definition) is 0. The maximum absolute atomic E-state index is 2.31. The van der Waals surface area contributed by atoms with Crippen LogP contribution in [0.2, 0.25) is 0 Å². The summed E-state index contributed by atoms with van der Waals surface area (Å²) < 4.78 is 0. The van der Waals surface area contributed by atoms with Crippen LogP contribution >= 0.6 is 31.7 Å². The standard InChI is InChI=1S/4C13H13P.Pd/c4*1-14(12-8-4-2-5-9-12)13-10-6-3-7-11-13;/h4*2-11H,1H3;. The summed E-state index contributed by atoms with van der Waals surface area (Å²) in [4.78, 5) is 0. The van der Waals surface area contributed by atoms with Crippen LogP contribution in [-0.2, 0) is 20.4 Å². The van der Waals surface area contributed by atoms with E-state index >= 15 is 0 Å². The van der Waals surface area contributed by atoms with Crippen molar-refractivity contribution in [2.45, 2.75) is 0 Å². The number of hydrogen-bond donors (Lipinski definition) is 0. The fraction of sp³-hybridized carbons (Fsp3) is 0.0769. The predicted molar refractivity (Wildman–Crippen MR) is 260 cm³/mol. The second-order valence-corrected chi connectivity index (χ2v) is 21.5. The summed E-state index contributed by atoms with van der Waals surface area (Å²) in [5.74, 6) is 0. The number of rotatable bonds is 8. The van der Waals surface area contributed by atoms with Gasteiger partial charge in [-0.1, -0.05) is 243 Å². The Balaban J connectivity index is 0.000000167. The maximum atomic E-state index is 2.31. The van der Waals surface area contributed by atoms with Crippen molar-refractivity contribution in [3.63, 3.8) is 0 Å². The van der Waals surface area contributed by atoms with Crippen LogP contribution in [0.5, 0.6) is 0 Å². The first-order valence-corrected chi connectivity index (χ1v) is 26.0. The van der Waals surface area contributed by atoms with Crippen molar-refractivity contribution in [1.29, 1.82) is 0 Å². The Morgan fingerprint density at radius 1 is 0.175 bits per heavy atom. The maximum Gasteiger partial charge on any atom is 0 e. The van der Waals surface area contributed by atoms with Crippen molar-refractivity contribution in [3.8, 4) is 0 Å². The van der Waals surface area contributed by atoms with Gasteiger partial charge in [0.15, 0.2) is 0 Å². The van der Waals surface area contributed by atoms with Gasteiger partial charge in [-0.15, -0.1) is 0 Å². The Hall–Kier alpha value is -3.86. The van der Waals surface area contributed by atoms with E-state index < -0.39 is 0 Å². The van der Waals surface area contributed by atoms with Gasteiger partial charge in [-0.3, -0.25) is 0 Å². The van der Waals surface area contributed by atoms with Crippen LogP contribution in [0.15, 0.2) is 243 Å². The zero-order valence-corrected chi connectivity index (χ0v) is 38.3. The van der Waals surface area contributed by atoms with Crippen molar-refractivity contribution in [3.05, 3.63) is 243 Å². The quantitative estimate of drug-likeness (QED) is 0.105. The molecule has 0 atom stereocenters. The van der Waals surface area contributed by atoms with Gasteiger partial charge in [0.2, 0.25) is 0 Å². The molecule has 0 aromatic heterocycles. The Morgan fingerprint density at radius 2 is 0.263 bits per heavy atom. The smallest absolute Gasteiger partial charge is 0 e. The molecule has 0 saturated heterocycles. The molecule has 8 aromatic carbocycles. The first kappa shape index (κ1) is 45.8. The molecule has 0 fully saturated rings. The van der Waals surface area contributed by atoms with E-state index in [1.807, 2.05) is 0 Å². The molecular formula is C52H52P4Pd. The molecule has 290 valence electrons. The van der Waals surface area contributed by atoms with E-state index in [1.165, 1.54) is 42.4 Å². The van der Waals surface area contributed by atoms with E-state index in [9.17, 15) is 0 Å². The van der Waals surface area contributed by atoms with Crippen LogP contribution in [0.3, 0.4) is 0 Å². The third kappa shape index (κ3) is 15.4. The van der Waals surface area contributed by atoms with Crippen LogP contribution in [0, 0.1) is 0 Å². The summed E-state index contributed by atoms with van der Waals surface area (Å²) in [5, 5.41) is 11.5. The van der Waals surface area contributed by atoms with Crippen LogP contribution in [0.1, 0.15) is 0 Å². The molecule has 0 bridgehead atoms. The summed E-state index contributed by atoms with van der Waals surface area (Å²) in [6.07, 6.45) is 0. The van der Waals surface area contributed by atoms with Crippen molar-refractivity contribution >= 4 is 74.1 Å². The SMILES string of the molecule is CP(c1ccccc1)c1ccccc1.CP(c1ccccc1)c1ccccc1.CP(c1ccccc1)c1ccccc1.CP(c1ccccc1)c1ccccc1.[Pd]. The molecule has 8 rings (SSSR count). The minimum Gasteiger partial charge on any atom is -0.0622 e. The fourth-order valence-corrected chi connectivity index (χ4v) is 12.0. The summed E-state index contributed by atoms with van der Waals surface area (Å²) in [6, 6.07) is 85.6. The van der Waals surface area contributed by atoms with E-state index in [0.29, 0.717) is 0 Å². The van der Waals surface area contributed by atoms with E-state index in [-0.39, 0.29) is 52.1 Å².